The van der Waals surface area contributed by atoms with Crippen molar-refractivity contribution in [2.45, 2.75) is 56.3 Å². The highest BCUT2D eigenvalue weighted by atomic mass is 32.2. The third-order valence-corrected chi connectivity index (χ3v) is 5.92. The van der Waals surface area contributed by atoms with Gasteiger partial charge in [0.25, 0.3) is 0 Å². The number of aliphatic imine (C=N–C) groups is 1. The van der Waals surface area contributed by atoms with Gasteiger partial charge in [0, 0.05) is 20.1 Å². The molecule has 0 unspecified atom stereocenters. The van der Waals surface area contributed by atoms with Crippen molar-refractivity contribution in [3.8, 4) is 0 Å². The molecule has 0 atom stereocenters. The van der Waals surface area contributed by atoms with Crippen LogP contribution in [0, 0.1) is 5.92 Å². The molecule has 7 heteroatoms. The average molecular weight is 381 g/mol. The van der Waals surface area contributed by atoms with Crippen LogP contribution in [-0.4, -0.2) is 34.5 Å². The van der Waals surface area contributed by atoms with Gasteiger partial charge in [0.2, 0.25) is 10.0 Å². The molecule has 1 aromatic rings. The van der Waals surface area contributed by atoms with Crippen LogP contribution in [0.5, 0.6) is 0 Å². The number of nitrogens with two attached hydrogens (primary N) is 1. The second kappa shape index (κ2) is 10.5. The van der Waals surface area contributed by atoms with Crippen LogP contribution >= 0.6 is 0 Å². The summed E-state index contributed by atoms with van der Waals surface area (Å²) in [7, 11) is -1.85. The van der Waals surface area contributed by atoms with Gasteiger partial charge in [0.1, 0.15) is 0 Å². The highest BCUT2D eigenvalue weighted by molar-refractivity contribution is 7.89. The topological polar surface area (TPSA) is 96.6 Å². The highest BCUT2D eigenvalue weighted by Gasteiger charge is 2.12. The predicted octanol–water partition coefficient (Wildman–Crippen LogP) is 2.40. The number of hydrogen-bond acceptors (Lipinski definition) is 3. The first-order valence-electron chi connectivity index (χ1n) is 9.55. The van der Waals surface area contributed by atoms with E-state index in [9.17, 15) is 8.42 Å². The fourth-order valence-corrected chi connectivity index (χ4v) is 3.98. The van der Waals surface area contributed by atoms with Gasteiger partial charge in [0.05, 0.1) is 4.90 Å². The molecule has 2 rings (SSSR count). The standard InChI is InChI=1S/C19H32N4O2S/c1-21-19(22-14-5-8-16-6-3-2-4-7-16)23-15-13-17-9-11-18(12-10-17)26(20,24)25/h9-12,16H,2-8,13-15H2,1H3,(H2,20,24,25)(H2,21,22,23). The molecule has 26 heavy (non-hydrogen) atoms. The molecule has 0 bridgehead atoms. The van der Waals surface area contributed by atoms with E-state index in [0.717, 1.165) is 37.0 Å². The van der Waals surface area contributed by atoms with E-state index in [1.54, 1.807) is 31.3 Å². The third kappa shape index (κ3) is 7.33. The van der Waals surface area contributed by atoms with E-state index in [0.29, 0.717) is 0 Å². The van der Waals surface area contributed by atoms with Crippen molar-refractivity contribution < 1.29 is 8.42 Å². The van der Waals surface area contributed by atoms with Gasteiger partial charge in [-0.15, -0.1) is 0 Å². The predicted molar refractivity (Wildman–Crippen MR) is 107 cm³/mol. The van der Waals surface area contributed by atoms with Crippen molar-refractivity contribution in [2.75, 3.05) is 20.1 Å². The van der Waals surface area contributed by atoms with E-state index in [4.69, 9.17) is 5.14 Å². The molecule has 0 saturated heterocycles. The first-order valence-corrected chi connectivity index (χ1v) is 11.1. The molecule has 0 aromatic heterocycles. The summed E-state index contributed by atoms with van der Waals surface area (Å²) in [5.74, 6) is 1.73. The van der Waals surface area contributed by atoms with Gasteiger partial charge in [0.15, 0.2) is 5.96 Å². The maximum atomic E-state index is 11.3. The fraction of sp³-hybridized carbons (Fsp3) is 0.632. The van der Waals surface area contributed by atoms with E-state index in [1.165, 1.54) is 44.9 Å². The van der Waals surface area contributed by atoms with Gasteiger partial charge in [-0.05, 0) is 42.9 Å². The minimum absolute atomic E-state index is 0.143. The Balaban J connectivity index is 1.63. The Bertz CT molecular complexity index is 665. The van der Waals surface area contributed by atoms with Crippen LogP contribution in [0.4, 0.5) is 0 Å². The summed E-state index contributed by atoms with van der Waals surface area (Å²) in [6.07, 6.45) is 10.3. The summed E-state index contributed by atoms with van der Waals surface area (Å²) in [6.45, 7) is 1.68. The lowest BCUT2D eigenvalue weighted by Gasteiger charge is -2.21. The Morgan fingerprint density at radius 3 is 2.38 bits per heavy atom. The van der Waals surface area contributed by atoms with Crippen molar-refractivity contribution in [1.29, 1.82) is 0 Å². The van der Waals surface area contributed by atoms with Gasteiger partial charge in [-0.3, -0.25) is 4.99 Å². The van der Waals surface area contributed by atoms with Crippen molar-refractivity contribution in [3.63, 3.8) is 0 Å². The summed E-state index contributed by atoms with van der Waals surface area (Å²) in [5.41, 5.74) is 1.05. The van der Waals surface area contributed by atoms with Crippen molar-refractivity contribution in [3.05, 3.63) is 29.8 Å². The van der Waals surface area contributed by atoms with E-state index in [-0.39, 0.29) is 4.90 Å². The summed E-state index contributed by atoms with van der Waals surface area (Å²) in [4.78, 5) is 4.39. The normalized spacial score (nSPS) is 16.5. The summed E-state index contributed by atoms with van der Waals surface area (Å²) in [6, 6.07) is 6.68. The molecule has 1 aliphatic rings. The minimum atomic E-state index is -3.62. The number of guanidine groups is 1. The lowest BCUT2D eigenvalue weighted by molar-refractivity contribution is 0.332. The molecular weight excluding hydrogens is 348 g/mol. The zero-order chi connectivity index (χ0) is 18.8. The van der Waals surface area contributed by atoms with Gasteiger partial charge in [-0.1, -0.05) is 44.2 Å². The van der Waals surface area contributed by atoms with Crippen molar-refractivity contribution in [2.24, 2.45) is 16.0 Å². The molecule has 0 heterocycles. The zero-order valence-corrected chi connectivity index (χ0v) is 16.5. The first kappa shape index (κ1) is 20.7. The number of primary sulfonamides is 1. The molecule has 0 radical (unpaired) electrons. The van der Waals surface area contributed by atoms with Crippen LogP contribution in [0.3, 0.4) is 0 Å². The maximum absolute atomic E-state index is 11.3. The second-order valence-electron chi connectivity index (χ2n) is 7.01. The minimum Gasteiger partial charge on any atom is -0.356 e. The number of benzene rings is 1. The number of sulfonamides is 1. The van der Waals surface area contributed by atoms with Crippen LogP contribution in [0.25, 0.3) is 0 Å². The Kier molecular flexibility index (Phi) is 8.38. The third-order valence-electron chi connectivity index (χ3n) is 4.99. The number of nitrogens with zero attached hydrogens (tertiary/aromatic N) is 1. The summed E-state index contributed by atoms with van der Waals surface area (Å²) < 4.78 is 22.5. The van der Waals surface area contributed by atoms with Crippen LogP contribution in [0.1, 0.15) is 50.5 Å². The lowest BCUT2D eigenvalue weighted by Crippen LogP contribution is -2.38. The monoisotopic (exact) mass is 380 g/mol. The SMILES string of the molecule is CN=C(NCCCC1CCCCC1)NCCc1ccc(S(N)(=O)=O)cc1. The quantitative estimate of drug-likeness (QED) is 0.366. The number of nitrogens with one attached hydrogen (secondary N) is 2. The molecule has 1 fully saturated rings. The molecule has 4 N–H and O–H groups in total. The Labute approximate surface area is 157 Å². The molecule has 0 aliphatic heterocycles. The lowest BCUT2D eigenvalue weighted by atomic mass is 9.86. The second-order valence-corrected chi connectivity index (χ2v) is 8.57. The van der Waals surface area contributed by atoms with Crippen LogP contribution < -0.4 is 15.8 Å². The van der Waals surface area contributed by atoms with Gasteiger partial charge in [-0.2, -0.15) is 0 Å². The van der Waals surface area contributed by atoms with E-state index < -0.39 is 10.0 Å². The zero-order valence-electron chi connectivity index (χ0n) is 15.7. The molecule has 0 spiro atoms. The average Bonchev–Trinajstić information content (AvgIpc) is 2.64. The van der Waals surface area contributed by atoms with Gasteiger partial charge in [-0.25, -0.2) is 13.6 Å². The molecule has 6 nitrogen and oxygen atoms in total. The molecule has 1 aromatic carbocycles. The molecule has 1 saturated carbocycles. The number of rotatable bonds is 8. The van der Waals surface area contributed by atoms with Gasteiger partial charge < -0.3 is 10.6 Å². The van der Waals surface area contributed by atoms with Crippen LogP contribution in [0.15, 0.2) is 34.2 Å². The Morgan fingerprint density at radius 2 is 1.77 bits per heavy atom. The van der Waals surface area contributed by atoms with E-state index in [2.05, 4.69) is 15.6 Å². The fourth-order valence-electron chi connectivity index (χ4n) is 3.46. The van der Waals surface area contributed by atoms with E-state index >= 15 is 0 Å². The summed E-state index contributed by atoms with van der Waals surface area (Å²) in [5, 5.41) is 11.8. The van der Waals surface area contributed by atoms with E-state index in [1.807, 2.05) is 0 Å². The van der Waals surface area contributed by atoms with Crippen LogP contribution in [0.2, 0.25) is 0 Å². The maximum Gasteiger partial charge on any atom is 0.238 e. The highest BCUT2D eigenvalue weighted by Crippen LogP contribution is 2.26. The summed E-state index contributed by atoms with van der Waals surface area (Å²) >= 11 is 0. The smallest absolute Gasteiger partial charge is 0.238 e. The molecule has 0 amide bonds. The van der Waals surface area contributed by atoms with Crippen molar-refractivity contribution >= 4 is 16.0 Å². The molecule has 146 valence electrons. The van der Waals surface area contributed by atoms with Crippen molar-refractivity contribution in [1.82, 2.24) is 10.6 Å². The Hall–Kier alpha value is -1.60. The molecular formula is C19H32N4O2S. The largest absolute Gasteiger partial charge is 0.356 e. The van der Waals surface area contributed by atoms with Crippen LogP contribution in [-0.2, 0) is 16.4 Å². The van der Waals surface area contributed by atoms with Gasteiger partial charge >= 0.3 is 0 Å². The number of hydrogen-bond donors (Lipinski definition) is 3. The Morgan fingerprint density at radius 1 is 1.12 bits per heavy atom. The first-order chi connectivity index (χ1) is 12.5. The molecule has 1 aliphatic carbocycles.